The maximum absolute atomic E-state index is 12.3. The van der Waals surface area contributed by atoms with Gasteiger partial charge in [0.1, 0.15) is 4.83 Å². The second-order valence-corrected chi connectivity index (χ2v) is 4.56. The number of carbonyl (C=O) groups excluding carboxylic acids is 1. The molecule has 0 saturated heterocycles. The molecule has 2 heterocycles. The zero-order chi connectivity index (χ0) is 11.7. The molecule has 0 aliphatic carbocycles. The number of ketones is 1. The summed E-state index contributed by atoms with van der Waals surface area (Å²) in [6.07, 6.45) is 1.75. The molecule has 1 aromatic carbocycles. The van der Waals surface area contributed by atoms with Crippen LogP contribution in [0.3, 0.4) is 0 Å². The Hall–Kier alpha value is -2.00. The van der Waals surface area contributed by atoms with Crippen molar-refractivity contribution in [2.45, 2.75) is 0 Å². The molecule has 82 valence electrons. The first-order valence-electron chi connectivity index (χ1n) is 5.28. The van der Waals surface area contributed by atoms with Gasteiger partial charge in [0, 0.05) is 28.1 Å². The van der Waals surface area contributed by atoms with Crippen LogP contribution in [0.5, 0.6) is 0 Å². The number of fused-ring (bicyclic) bond motifs is 1. The van der Waals surface area contributed by atoms with Gasteiger partial charge in [-0.25, -0.2) is 4.98 Å². The van der Waals surface area contributed by atoms with Gasteiger partial charge < -0.3 is 0 Å². The summed E-state index contributed by atoms with van der Waals surface area (Å²) in [5.74, 6) is 0.0600. The van der Waals surface area contributed by atoms with E-state index in [2.05, 4.69) is 4.98 Å². The lowest BCUT2D eigenvalue weighted by molar-refractivity contribution is 0.104. The van der Waals surface area contributed by atoms with Crippen molar-refractivity contribution in [3.8, 4) is 0 Å². The van der Waals surface area contributed by atoms with Gasteiger partial charge in [-0.2, -0.15) is 0 Å². The number of hydrogen-bond donors (Lipinski definition) is 0. The molecule has 0 fully saturated rings. The zero-order valence-corrected chi connectivity index (χ0v) is 9.78. The summed E-state index contributed by atoms with van der Waals surface area (Å²) in [5, 5.41) is 2.82. The minimum atomic E-state index is 0.0600. The molecule has 17 heavy (non-hydrogen) atoms. The standard InChI is InChI=1S/C14H9NOS/c16-13(10-5-2-1-3-6-10)12-9-17-14-11(12)7-4-8-15-14/h1-9H. The maximum atomic E-state index is 12.3. The SMILES string of the molecule is O=C(c1ccccc1)c1csc2ncccc12. The Morgan fingerprint density at radius 1 is 1.06 bits per heavy atom. The van der Waals surface area contributed by atoms with Gasteiger partial charge in [-0.15, -0.1) is 11.3 Å². The van der Waals surface area contributed by atoms with Gasteiger partial charge in [0.15, 0.2) is 5.78 Å². The predicted octanol–water partition coefficient (Wildman–Crippen LogP) is 3.53. The smallest absolute Gasteiger partial charge is 0.194 e. The topological polar surface area (TPSA) is 30.0 Å². The van der Waals surface area contributed by atoms with Crippen molar-refractivity contribution in [2.75, 3.05) is 0 Å². The first kappa shape index (κ1) is 10.2. The van der Waals surface area contributed by atoms with Crippen LogP contribution in [0.1, 0.15) is 15.9 Å². The summed E-state index contributed by atoms with van der Waals surface area (Å²) < 4.78 is 0. The van der Waals surface area contributed by atoms with E-state index in [0.717, 1.165) is 21.3 Å². The van der Waals surface area contributed by atoms with Crippen LogP contribution in [-0.2, 0) is 0 Å². The number of pyridine rings is 1. The number of carbonyl (C=O) groups is 1. The Morgan fingerprint density at radius 3 is 2.71 bits per heavy atom. The van der Waals surface area contributed by atoms with E-state index < -0.39 is 0 Å². The number of hydrogen-bond acceptors (Lipinski definition) is 3. The van der Waals surface area contributed by atoms with Crippen molar-refractivity contribution in [3.05, 3.63) is 65.2 Å². The van der Waals surface area contributed by atoms with Crippen LogP contribution >= 0.6 is 11.3 Å². The van der Waals surface area contributed by atoms with E-state index in [9.17, 15) is 4.79 Å². The molecule has 0 aliphatic heterocycles. The van der Waals surface area contributed by atoms with Crippen molar-refractivity contribution in [1.82, 2.24) is 4.98 Å². The van der Waals surface area contributed by atoms with Crippen molar-refractivity contribution in [1.29, 1.82) is 0 Å². The van der Waals surface area contributed by atoms with Gasteiger partial charge in [0.05, 0.1) is 0 Å². The summed E-state index contributed by atoms with van der Waals surface area (Å²) in [6, 6.07) is 13.1. The Balaban J connectivity index is 2.14. The molecule has 0 N–H and O–H groups in total. The lowest BCUT2D eigenvalue weighted by atomic mass is 10.0. The Kier molecular flexibility index (Phi) is 2.46. The maximum Gasteiger partial charge on any atom is 0.194 e. The van der Waals surface area contributed by atoms with Gasteiger partial charge in [-0.1, -0.05) is 30.3 Å². The van der Waals surface area contributed by atoms with E-state index in [1.54, 1.807) is 6.20 Å². The van der Waals surface area contributed by atoms with Gasteiger partial charge in [-0.3, -0.25) is 4.79 Å². The van der Waals surface area contributed by atoms with Crippen LogP contribution in [0, 0.1) is 0 Å². The average molecular weight is 239 g/mol. The summed E-state index contributed by atoms with van der Waals surface area (Å²) in [4.78, 5) is 17.5. The number of benzene rings is 1. The largest absolute Gasteiger partial charge is 0.289 e. The summed E-state index contributed by atoms with van der Waals surface area (Å²) in [6.45, 7) is 0. The third-order valence-corrected chi connectivity index (χ3v) is 3.53. The molecule has 3 heteroatoms. The third-order valence-electron chi connectivity index (χ3n) is 2.63. The predicted molar refractivity (Wildman–Crippen MR) is 69.5 cm³/mol. The fraction of sp³-hybridized carbons (Fsp3) is 0. The van der Waals surface area contributed by atoms with Gasteiger partial charge in [0.25, 0.3) is 0 Å². The van der Waals surface area contributed by atoms with E-state index in [1.165, 1.54) is 11.3 Å². The van der Waals surface area contributed by atoms with E-state index in [-0.39, 0.29) is 5.78 Å². The van der Waals surface area contributed by atoms with Crippen molar-refractivity contribution in [3.63, 3.8) is 0 Å². The highest BCUT2D eigenvalue weighted by Crippen LogP contribution is 2.25. The summed E-state index contributed by atoms with van der Waals surface area (Å²) >= 11 is 1.50. The summed E-state index contributed by atoms with van der Waals surface area (Å²) in [7, 11) is 0. The first-order valence-corrected chi connectivity index (χ1v) is 6.16. The molecule has 0 atom stereocenters. The first-order chi connectivity index (χ1) is 8.36. The fourth-order valence-corrected chi connectivity index (χ4v) is 2.68. The Labute approximate surface area is 103 Å². The lowest BCUT2D eigenvalue weighted by Crippen LogP contribution is -1.99. The van der Waals surface area contributed by atoms with E-state index in [1.807, 2.05) is 47.8 Å². The minimum absolute atomic E-state index is 0.0600. The van der Waals surface area contributed by atoms with Crippen molar-refractivity contribution in [2.24, 2.45) is 0 Å². The number of rotatable bonds is 2. The molecule has 2 nitrogen and oxygen atoms in total. The molecular formula is C14H9NOS. The molecule has 0 amide bonds. The van der Waals surface area contributed by atoms with Crippen molar-refractivity contribution < 1.29 is 4.79 Å². The lowest BCUT2D eigenvalue weighted by Gasteiger charge is -1.98. The van der Waals surface area contributed by atoms with Gasteiger partial charge >= 0.3 is 0 Å². The van der Waals surface area contributed by atoms with E-state index >= 15 is 0 Å². The highest BCUT2D eigenvalue weighted by atomic mass is 32.1. The molecule has 0 unspecified atom stereocenters. The highest BCUT2D eigenvalue weighted by Gasteiger charge is 2.13. The number of thiophene rings is 1. The van der Waals surface area contributed by atoms with Crippen molar-refractivity contribution >= 4 is 27.3 Å². The normalized spacial score (nSPS) is 10.6. The molecule has 0 saturated carbocycles. The number of nitrogens with zero attached hydrogens (tertiary/aromatic N) is 1. The molecule has 0 aliphatic rings. The molecular weight excluding hydrogens is 230 g/mol. The van der Waals surface area contributed by atoms with Crippen LogP contribution in [0.2, 0.25) is 0 Å². The molecule has 3 rings (SSSR count). The van der Waals surface area contributed by atoms with E-state index in [4.69, 9.17) is 0 Å². The Bertz CT molecular complexity index is 673. The highest BCUT2D eigenvalue weighted by molar-refractivity contribution is 7.17. The van der Waals surface area contributed by atoms with Crippen LogP contribution < -0.4 is 0 Å². The monoisotopic (exact) mass is 239 g/mol. The third kappa shape index (κ3) is 1.74. The zero-order valence-electron chi connectivity index (χ0n) is 8.96. The quantitative estimate of drug-likeness (QED) is 0.640. The van der Waals surface area contributed by atoms with Crippen LogP contribution in [0.25, 0.3) is 10.2 Å². The minimum Gasteiger partial charge on any atom is -0.289 e. The molecule has 2 aromatic heterocycles. The van der Waals surface area contributed by atoms with Crippen LogP contribution in [0.15, 0.2) is 54.0 Å². The molecule has 3 aromatic rings. The van der Waals surface area contributed by atoms with E-state index in [0.29, 0.717) is 0 Å². The van der Waals surface area contributed by atoms with Gasteiger partial charge in [-0.05, 0) is 12.1 Å². The molecule has 0 radical (unpaired) electrons. The summed E-state index contributed by atoms with van der Waals surface area (Å²) in [5.41, 5.74) is 1.46. The fourth-order valence-electron chi connectivity index (χ4n) is 1.79. The van der Waals surface area contributed by atoms with Crippen LogP contribution in [0.4, 0.5) is 0 Å². The Morgan fingerprint density at radius 2 is 1.88 bits per heavy atom. The van der Waals surface area contributed by atoms with Crippen LogP contribution in [-0.4, -0.2) is 10.8 Å². The second kappa shape index (κ2) is 4.11. The second-order valence-electron chi connectivity index (χ2n) is 3.70. The molecule has 0 spiro atoms. The average Bonchev–Trinajstić information content (AvgIpc) is 2.83. The number of aromatic nitrogens is 1. The van der Waals surface area contributed by atoms with Gasteiger partial charge in [0.2, 0.25) is 0 Å². The molecule has 0 bridgehead atoms.